The monoisotopic (exact) mass is 465 g/mol. The molecule has 0 bridgehead atoms. The molecule has 5 aromatic carbocycles. The Hall–Kier alpha value is -4.36. The lowest BCUT2D eigenvalue weighted by atomic mass is 9.94. The van der Waals surface area contributed by atoms with Gasteiger partial charge in [0.25, 0.3) is 0 Å². The Labute approximate surface area is 215 Å². The summed E-state index contributed by atoms with van der Waals surface area (Å²) >= 11 is 0. The first kappa shape index (κ1) is 23.4. The smallest absolute Gasteiger partial charge is 0.0433 e. The summed E-state index contributed by atoms with van der Waals surface area (Å²) < 4.78 is 0. The number of hydrogen-bond acceptors (Lipinski definition) is 1. The van der Waals surface area contributed by atoms with Gasteiger partial charge in [-0.05, 0) is 64.1 Å². The zero-order chi connectivity index (χ0) is 24.6. The summed E-state index contributed by atoms with van der Waals surface area (Å²) in [5.41, 5.74) is 10.0. The molecule has 0 amide bonds. The minimum absolute atomic E-state index is 0.865. The minimum atomic E-state index is 0.865. The molecule has 0 N–H and O–H groups in total. The van der Waals surface area contributed by atoms with Gasteiger partial charge in [-0.2, -0.15) is 0 Å². The van der Waals surface area contributed by atoms with Crippen LogP contribution in [-0.4, -0.2) is 0 Å². The molecule has 0 aliphatic carbocycles. The number of aryl methyl sites for hydroxylation is 1. The van der Waals surface area contributed by atoms with Gasteiger partial charge in [-0.15, -0.1) is 0 Å². The van der Waals surface area contributed by atoms with Crippen molar-refractivity contribution in [3.63, 3.8) is 0 Å². The highest BCUT2D eigenvalue weighted by Crippen LogP contribution is 2.29. The van der Waals surface area contributed by atoms with Gasteiger partial charge in [0.2, 0.25) is 0 Å². The van der Waals surface area contributed by atoms with E-state index in [1.54, 1.807) is 0 Å². The van der Waals surface area contributed by atoms with Gasteiger partial charge in [0, 0.05) is 18.8 Å². The first-order valence-electron chi connectivity index (χ1n) is 12.5. The van der Waals surface area contributed by atoms with E-state index in [0.717, 1.165) is 13.1 Å². The van der Waals surface area contributed by atoms with Crippen LogP contribution >= 0.6 is 0 Å². The minimum Gasteiger partial charge on any atom is -0.363 e. The molecule has 176 valence electrons. The van der Waals surface area contributed by atoms with Crippen LogP contribution in [0.5, 0.6) is 0 Å². The number of hydrogen-bond donors (Lipinski definition) is 0. The maximum absolute atomic E-state index is 2.46. The number of rotatable bonds is 8. The molecule has 0 aromatic heterocycles. The second-order valence-corrected chi connectivity index (χ2v) is 9.16. The average molecular weight is 466 g/mol. The molecule has 0 saturated heterocycles. The first-order valence-corrected chi connectivity index (χ1v) is 12.5. The predicted octanol–water partition coefficient (Wildman–Crippen LogP) is 8.79. The Bertz CT molecular complexity index is 1320. The van der Waals surface area contributed by atoms with Gasteiger partial charge >= 0.3 is 0 Å². The Morgan fingerprint density at radius 1 is 0.556 bits per heavy atom. The van der Waals surface area contributed by atoms with Crippen molar-refractivity contribution in [2.45, 2.75) is 20.0 Å². The molecule has 0 atom stereocenters. The molecule has 1 nitrogen and oxygen atoms in total. The van der Waals surface area contributed by atoms with E-state index in [1.807, 2.05) is 0 Å². The summed E-state index contributed by atoms with van der Waals surface area (Å²) in [5.74, 6) is 0. The highest BCUT2D eigenvalue weighted by Gasteiger charge is 2.11. The van der Waals surface area contributed by atoms with Crippen LogP contribution in [-0.2, 0) is 13.1 Å². The molecule has 0 aliphatic heterocycles. The second kappa shape index (κ2) is 11.4. The van der Waals surface area contributed by atoms with E-state index in [1.165, 1.54) is 44.6 Å². The molecule has 0 radical (unpaired) electrons. The van der Waals surface area contributed by atoms with Crippen LogP contribution in [0, 0.1) is 6.92 Å². The maximum Gasteiger partial charge on any atom is 0.0433 e. The number of benzene rings is 5. The topological polar surface area (TPSA) is 3.24 Å². The van der Waals surface area contributed by atoms with Crippen molar-refractivity contribution >= 4 is 17.3 Å². The molecular weight excluding hydrogens is 434 g/mol. The van der Waals surface area contributed by atoms with Crippen LogP contribution in [0.1, 0.15) is 33.4 Å². The molecule has 0 heterocycles. The molecule has 36 heavy (non-hydrogen) atoms. The lowest BCUT2D eigenvalue weighted by Gasteiger charge is -2.26. The highest BCUT2D eigenvalue weighted by molar-refractivity contribution is 5.92. The summed E-state index contributed by atoms with van der Waals surface area (Å²) in [7, 11) is 0. The van der Waals surface area contributed by atoms with Crippen LogP contribution in [0.4, 0.5) is 5.69 Å². The largest absolute Gasteiger partial charge is 0.363 e. The van der Waals surface area contributed by atoms with Gasteiger partial charge in [0.15, 0.2) is 0 Å². The van der Waals surface area contributed by atoms with Crippen molar-refractivity contribution in [2.75, 3.05) is 4.90 Å². The van der Waals surface area contributed by atoms with Crippen molar-refractivity contribution < 1.29 is 0 Å². The molecule has 5 rings (SSSR count). The fourth-order valence-corrected chi connectivity index (χ4v) is 4.59. The number of anilines is 1. The Kier molecular flexibility index (Phi) is 7.39. The lowest BCUT2D eigenvalue weighted by molar-refractivity contribution is 0.799. The molecule has 0 fully saturated rings. The molecule has 1 heteroatoms. The lowest BCUT2D eigenvalue weighted by Crippen LogP contribution is -2.22. The zero-order valence-corrected chi connectivity index (χ0v) is 20.7. The Balaban J connectivity index is 1.51. The van der Waals surface area contributed by atoms with Gasteiger partial charge in [-0.1, -0.05) is 127 Å². The van der Waals surface area contributed by atoms with E-state index in [4.69, 9.17) is 0 Å². The van der Waals surface area contributed by atoms with Crippen molar-refractivity contribution in [1.82, 2.24) is 0 Å². The summed E-state index contributed by atoms with van der Waals surface area (Å²) in [6.07, 6.45) is 2.32. The Morgan fingerprint density at radius 2 is 1.00 bits per heavy atom. The van der Waals surface area contributed by atoms with Crippen LogP contribution in [0.3, 0.4) is 0 Å². The van der Waals surface area contributed by atoms with E-state index in [2.05, 4.69) is 157 Å². The van der Waals surface area contributed by atoms with Crippen LogP contribution in [0.25, 0.3) is 11.6 Å². The fourth-order valence-electron chi connectivity index (χ4n) is 4.59. The normalized spacial score (nSPS) is 10.6. The molecule has 0 saturated carbocycles. The molecule has 5 aromatic rings. The van der Waals surface area contributed by atoms with E-state index >= 15 is 0 Å². The third kappa shape index (κ3) is 5.82. The van der Waals surface area contributed by atoms with E-state index < -0.39 is 0 Å². The second-order valence-electron chi connectivity index (χ2n) is 9.16. The van der Waals surface area contributed by atoms with Gasteiger partial charge in [-0.25, -0.2) is 0 Å². The third-order valence-corrected chi connectivity index (χ3v) is 6.52. The van der Waals surface area contributed by atoms with Gasteiger partial charge in [-0.3, -0.25) is 0 Å². The molecular formula is C35H31N. The van der Waals surface area contributed by atoms with Crippen molar-refractivity contribution in [2.24, 2.45) is 0 Å². The van der Waals surface area contributed by atoms with Gasteiger partial charge in [0.1, 0.15) is 0 Å². The van der Waals surface area contributed by atoms with E-state index in [-0.39, 0.29) is 0 Å². The van der Waals surface area contributed by atoms with Gasteiger partial charge < -0.3 is 4.90 Å². The van der Waals surface area contributed by atoms with E-state index in [0.29, 0.717) is 0 Å². The predicted molar refractivity (Wildman–Crippen MR) is 154 cm³/mol. The molecule has 0 aliphatic rings. The standard InChI is InChI=1S/C35H31N/c1-28-24-34(36(26-29-14-6-2-7-15-29)27-30-16-8-3-9-17-30)23-22-33(28)25-35(31-18-10-4-11-19-31)32-20-12-5-13-21-32/h2-25H,26-27H2,1H3. The molecule has 0 unspecified atom stereocenters. The average Bonchev–Trinajstić information content (AvgIpc) is 2.94. The van der Waals surface area contributed by atoms with E-state index in [9.17, 15) is 0 Å². The quantitative estimate of drug-likeness (QED) is 0.207. The third-order valence-electron chi connectivity index (χ3n) is 6.52. The SMILES string of the molecule is Cc1cc(N(Cc2ccccc2)Cc2ccccc2)ccc1C=C(c1ccccc1)c1ccccc1. The summed E-state index contributed by atoms with van der Waals surface area (Å²) in [5, 5.41) is 0. The van der Waals surface area contributed by atoms with Crippen LogP contribution < -0.4 is 4.90 Å². The van der Waals surface area contributed by atoms with Crippen LogP contribution in [0.15, 0.2) is 140 Å². The van der Waals surface area contributed by atoms with Crippen LogP contribution in [0.2, 0.25) is 0 Å². The van der Waals surface area contributed by atoms with Crippen molar-refractivity contribution in [3.05, 3.63) is 173 Å². The van der Waals surface area contributed by atoms with Crippen molar-refractivity contribution in [3.8, 4) is 0 Å². The highest BCUT2D eigenvalue weighted by atomic mass is 15.1. The summed E-state index contributed by atoms with van der Waals surface area (Å²) in [6.45, 7) is 3.94. The first-order chi connectivity index (χ1) is 17.8. The maximum atomic E-state index is 2.46. The fraction of sp³-hybridized carbons (Fsp3) is 0.0857. The number of nitrogens with zero attached hydrogens (tertiary/aromatic N) is 1. The molecule has 0 spiro atoms. The summed E-state index contributed by atoms with van der Waals surface area (Å²) in [6, 6.07) is 49.6. The Morgan fingerprint density at radius 3 is 1.44 bits per heavy atom. The summed E-state index contributed by atoms with van der Waals surface area (Å²) in [4.78, 5) is 2.46. The van der Waals surface area contributed by atoms with Crippen molar-refractivity contribution in [1.29, 1.82) is 0 Å². The zero-order valence-electron chi connectivity index (χ0n) is 20.7. The van der Waals surface area contributed by atoms with Gasteiger partial charge in [0.05, 0.1) is 0 Å².